The monoisotopic (exact) mass is 321 g/mol. The van der Waals surface area contributed by atoms with Crippen LogP contribution in [0.25, 0.3) is 11.5 Å². The van der Waals surface area contributed by atoms with Crippen molar-refractivity contribution in [3.63, 3.8) is 0 Å². The van der Waals surface area contributed by atoms with Gasteiger partial charge in [-0.05, 0) is 41.8 Å². The fraction of sp³-hybridized carbons (Fsp3) is 0.462. The van der Waals surface area contributed by atoms with Crippen LogP contribution in [0.2, 0.25) is 0 Å². The van der Waals surface area contributed by atoms with Gasteiger partial charge in [-0.3, -0.25) is 4.68 Å². The molecular weight excluding hydrogens is 306 g/mol. The average molecular weight is 322 g/mol. The lowest BCUT2D eigenvalue weighted by Gasteiger charge is -2.11. The van der Waals surface area contributed by atoms with E-state index in [0.717, 1.165) is 34.0 Å². The molecular formula is C13H16BrN5. The average Bonchev–Trinajstić information content (AvgIpc) is 3.14. The van der Waals surface area contributed by atoms with E-state index in [9.17, 15) is 0 Å². The fourth-order valence-corrected chi connectivity index (χ4v) is 2.73. The zero-order valence-electron chi connectivity index (χ0n) is 11.0. The first-order chi connectivity index (χ1) is 9.20. The van der Waals surface area contributed by atoms with Gasteiger partial charge in [-0.1, -0.05) is 0 Å². The van der Waals surface area contributed by atoms with Crippen molar-refractivity contribution < 1.29 is 0 Å². The summed E-state index contributed by atoms with van der Waals surface area (Å²) in [5.41, 5.74) is 2.05. The highest BCUT2D eigenvalue weighted by molar-refractivity contribution is 9.10. The van der Waals surface area contributed by atoms with Crippen molar-refractivity contribution in [1.29, 1.82) is 0 Å². The SMILES string of the molecule is CCNc1nc(-c2ccnn2C)nc(C2CC2)c1Br. The predicted molar refractivity (Wildman–Crippen MR) is 78.1 cm³/mol. The van der Waals surface area contributed by atoms with Crippen molar-refractivity contribution in [3.8, 4) is 11.5 Å². The van der Waals surface area contributed by atoms with Gasteiger partial charge in [0, 0.05) is 25.7 Å². The van der Waals surface area contributed by atoms with E-state index in [4.69, 9.17) is 4.98 Å². The van der Waals surface area contributed by atoms with Gasteiger partial charge in [-0.25, -0.2) is 9.97 Å². The van der Waals surface area contributed by atoms with Crippen LogP contribution in [0, 0.1) is 0 Å². The molecule has 1 saturated carbocycles. The number of hydrogen-bond donors (Lipinski definition) is 1. The van der Waals surface area contributed by atoms with Crippen LogP contribution in [-0.4, -0.2) is 26.3 Å². The largest absolute Gasteiger partial charge is 0.369 e. The summed E-state index contributed by atoms with van der Waals surface area (Å²) in [5, 5.41) is 7.48. The smallest absolute Gasteiger partial charge is 0.180 e. The van der Waals surface area contributed by atoms with Gasteiger partial charge in [0.1, 0.15) is 11.5 Å². The quantitative estimate of drug-likeness (QED) is 0.940. The van der Waals surface area contributed by atoms with E-state index < -0.39 is 0 Å². The molecule has 2 aromatic rings. The summed E-state index contributed by atoms with van der Waals surface area (Å²) in [6, 6.07) is 1.94. The van der Waals surface area contributed by atoms with Crippen molar-refractivity contribution in [2.24, 2.45) is 7.05 Å². The zero-order chi connectivity index (χ0) is 13.4. The molecule has 2 aromatic heterocycles. The second-order valence-electron chi connectivity index (χ2n) is 4.74. The maximum Gasteiger partial charge on any atom is 0.180 e. The first-order valence-electron chi connectivity index (χ1n) is 6.50. The van der Waals surface area contributed by atoms with E-state index in [1.54, 1.807) is 10.9 Å². The highest BCUT2D eigenvalue weighted by Crippen LogP contribution is 2.44. The van der Waals surface area contributed by atoms with Gasteiger partial charge in [-0.2, -0.15) is 5.10 Å². The van der Waals surface area contributed by atoms with Crippen LogP contribution in [0.1, 0.15) is 31.4 Å². The molecule has 3 rings (SSSR count). The lowest BCUT2D eigenvalue weighted by molar-refractivity contribution is 0.768. The minimum absolute atomic E-state index is 0.571. The number of aromatic nitrogens is 4. The second kappa shape index (κ2) is 4.92. The summed E-state index contributed by atoms with van der Waals surface area (Å²) in [7, 11) is 1.91. The molecule has 19 heavy (non-hydrogen) atoms. The number of nitrogens with zero attached hydrogens (tertiary/aromatic N) is 4. The summed E-state index contributed by atoms with van der Waals surface area (Å²) in [6.07, 6.45) is 4.20. The van der Waals surface area contributed by atoms with E-state index in [0.29, 0.717) is 5.92 Å². The number of anilines is 1. The van der Waals surface area contributed by atoms with Gasteiger partial charge in [0.15, 0.2) is 5.82 Å². The summed E-state index contributed by atoms with van der Waals surface area (Å²) in [5.74, 6) is 2.18. The van der Waals surface area contributed by atoms with Crippen molar-refractivity contribution in [1.82, 2.24) is 19.7 Å². The standard InChI is InChI=1S/C13H16BrN5/c1-3-15-13-10(14)11(8-4-5-8)17-12(18-13)9-6-7-16-19(9)2/h6-8H,3-5H2,1-2H3,(H,15,17,18). The molecule has 1 aliphatic rings. The molecule has 0 spiro atoms. The Balaban J connectivity index is 2.12. The maximum absolute atomic E-state index is 4.72. The number of nitrogens with one attached hydrogen (secondary N) is 1. The molecule has 0 aromatic carbocycles. The van der Waals surface area contributed by atoms with E-state index in [1.807, 2.05) is 13.1 Å². The predicted octanol–water partition coefficient (Wildman–Crippen LogP) is 2.95. The molecule has 2 heterocycles. The Bertz CT molecular complexity index is 603. The molecule has 0 amide bonds. The molecule has 0 radical (unpaired) electrons. The minimum Gasteiger partial charge on any atom is -0.369 e. The van der Waals surface area contributed by atoms with Crippen molar-refractivity contribution in [3.05, 3.63) is 22.4 Å². The summed E-state index contributed by atoms with van der Waals surface area (Å²) in [6.45, 7) is 2.90. The third-order valence-corrected chi connectivity index (χ3v) is 4.02. The fourth-order valence-electron chi connectivity index (χ4n) is 2.08. The van der Waals surface area contributed by atoms with Crippen LogP contribution >= 0.6 is 15.9 Å². The molecule has 0 bridgehead atoms. The van der Waals surface area contributed by atoms with E-state index in [1.165, 1.54) is 12.8 Å². The normalized spacial score (nSPS) is 14.7. The first-order valence-corrected chi connectivity index (χ1v) is 7.29. The van der Waals surface area contributed by atoms with Crippen LogP contribution in [0.4, 0.5) is 5.82 Å². The summed E-state index contributed by atoms with van der Waals surface area (Å²) in [4.78, 5) is 9.33. The molecule has 5 nitrogen and oxygen atoms in total. The molecule has 0 aliphatic heterocycles. The Kier molecular flexibility index (Phi) is 3.26. The van der Waals surface area contributed by atoms with Crippen molar-refractivity contribution in [2.45, 2.75) is 25.7 Å². The Morgan fingerprint density at radius 1 is 1.42 bits per heavy atom. The molecule has 1 N–H and O–H groups in total. The molecule has 0 atom stereocenters. The van der Waals surface area contributed by atoms with E-state index >= 15 is 0 Å². The highest BCUT2D eigenvalue weighted by Gasteiger charge is 2.29. The Morgan fingerprint density at radius 2 is 2.21 bits per heavy atom. The van der Waals surface area contributed by atoms with E-state index in [-0.39, 0.29) is 0 Å². The topological polar surface area (TPSA) is 55.6 Å². The Labute approximate surface area is 120 Å². The van der Waals surface area contributed by atoms with Gasteiger partial charge >= 0.3 is 0 Å². The van der Waals surface area contributed by atoms with Crippen LogP contribution in [-0.2, 0) is 7.05 Å². The van der Waals surface area contributed by atoms with Crippen molar-refractivity contribution >= 4 is 21.7 Å². The lowest BCUT2D eigenvalue weighted by atomic mass is 10.2. The number of hydrogen-bond acceptors (Lipinski definition) is 4. The van der Waals surface area contributed by atoms with Crippen LogP contribution in [0.3, 0.4) is 0 Å². The van der Waals surface area contributed by atoms with Crippen LogP contribution in [0.5, 0.6) is 0 Å². The Hall–Kier alpha value is -1.43. The summed E-state index contributed by atoms with van der Waals surface area (Å²) >= 11 is 3.63. The molecule has 1 fully saturated rings. The van der Waals surface area contributed by atoms with Gasteiger partial charge in [-0.15, -0.1) is 0 Å². The highest BCUT2D eigenvalue weighted by atomic mass is 79.9. The van der Waals surface area contributed by atoms with Crippen LogP contribution in [0.15, 0.2) is 16.7 Å². The maximum atomic E-state index is 4.72. The first kappa shape index (κ1) is 12.6. The van der Waals surface area contributed by atoms with Gasteiger partial charge in [0.2, 0.25) is 0 Å². The van der Waals surface area contributed by atoms with Gasteiger partial charge < -0.3 is 5.32 Å². The van der Waals surface area contributed by atoms with Crippen molar-refractivity contribution in [2.75, 3.05) is 11.9 Å². The number of halogens is 1. The molecule has 1 aliphatic carbocycles. The molecule has 0 saturated heterocycles. The van der Waals surface area contributed by atoms with Gasteiger partial charge in [0.05, 0.1) is 10.2 Å². The second-order valence-corrected chi connectivity index (χ2v) is 5.53. The third kappa shape index (κ3) is 2.36. The van der Waals surface area contributed by atoms with E-state index in [2.05, 4.69) is 38.3 Å². The number of aryl methyl sites for hydroxylation is 1. The lowest BCUT2D eigenvalue weighted by Crippen LogP contribution is -2.07. The molecule has 100 valence electrons. The minimum atomic E-state index is 0.571. The zero-order valence-corrected chi connectivity index (χ0v) is 12.6. The summed E-state index contributed by atoms with van der Waals surface area (Å²) < 4.78 is 2.80. The molecule has 6 heteroatoms. The van der Waals surface area contributed by atoms with Crippen LogP contribution < -0.4 is 5.32 Å². The number of rotatable bonds is 4. The Morgan fingerprint density at radius 3 is 2.79 bits per heavy atom. The van der Waals surface area contributed by atoms with Gasteiger partial charge in [0.25, 0.3) is 0 Å². The molecule has 0 unspecified atom stereocenters. The third-order valence-electron chi connectivity index (χ3n) is 3.24.